The van der Waals surface area contributed by atoms with Gasteiger partial charge in [-0.2, -0.15) is 4.98 Å². The van der Waals surface area contributed by atoms with Crippen LogP contribution >= 0.6 is 23.4 Å². The molecule has 1 atom stereocenters. The molecule has 0 radical (unpaired) electrons. The molecule has 7 heteroatoms. The quantitative estimate of drug-likeness (QED) is 0.435. The Morgan fingerprint density at radius 1 is 1.07 bits per heavy atom. The average Bonchev–Trinajstić information content (AvgIpc) is 3.13. The van der Waals surface area contributed by atoms with Crippen molar-refractivity contribution in [3.63, 3.8) is 0 Å². The zero-order valence-electron chi connectivity index (χ0n) is 15.5. The fourth-order valence-electron chi connectivity index (χ4n) is 3.64. The summed E-state index contributed by atoms with van der Waals surface area (Å²) < 4.78 is 1.61. The van der Waals surface area contributed by atoms with Crippen molar-refractivity contribution in [3.05, 3.63) is 88.2 Å². The maximum absolute atomic E-state index is 12.8. The third-order valence-electron chi connectivity index (χ3n) is 5.09. The summed E-state index contributed by atoms with van der Waals surface area (Å²) >= 11 is 7.69. The van der Waals surface area contributed by atoms with Gasteiger partial charge in [0.1, 0.15) is 0 Å². The standard InChI is InChI=1S/C22H17ClN4OS/c23-17-8-4-7-15(9-17)16-10-19-18(20(28)11-16)12-27-21(24-19)25-22(26-27)29-13-14-5-2-1-3-6-14/h1-9,12,16H,10-11,13H2. The minimum atomic E-state index is 0.0819. The molecular formula is C22H17ClN4OS. The van der Waals surface area contributed by atoms with Gasteiger partial charge in [0.15, 0.2) is 5.78 Å². The van der Waals surface area contributed by atoms with Crippen LogP contribution in [0.4, 0.5) is 0 Å². The molecule has 0 aliphatic heterocycles. The van der Waals surface area contributed by atoms with Gasteiger partial charge in [0, 0.05) is 23.4 Å². The molecule has 0 saturated carbocycles. The highest BCUT2D eigenvalue weighted by Crippen LogP contribution is 2.33. The van der Waals surface area contributed by atoms with Crippen molar-refractivity contribution in [3.8, 4) is 0 Å². The summed E-state index contributed by atoms with van der Waals surface area (Å²) in [6.07, 6.45) is 2.91. The van der Waals surface area contributed by atoms with Gasteiger partial charge in [-0.3, -0.25) is 4.79 Å². The van der Waals surface area contributed by atoms with E-state index in [1.54, 1.807) is 22.5 Å². The molecule has 4 aromatic rings. The molecule has 0 fully saturated rings. The minimum absolute atomic E-state index is 0.0819. The van der Waals surface area contributed by atoms with Gasteiger partial charge in [-0.25, -0.2) is 9.50 Å². The largest absolute Gasteiger partial charge is 0.294 e. The van der Waals surface area contributed by atoms with E-state index in [1.807, 2.05) is 42.5 Å². The Morgan fingerprint density at radius 2 is 1.93 bits per heavy atom. The highest BCUT2D eigenvalue weighted by molar-refractivity contribution is 7.98. The highest BCUT2D eigenvalue weighted by Gasteiger charge is 2.28. The zero-order valence-corrected chi connectivity index (χ0v) is 17.0. The number of aromatic nitrogens is 4. The Hall–Kier alpha value is -2.70. The Morgan fingerprint density at radius 3 is 2.76 bits per heavy atom. The molecule has 29 heavy (non-hydrogen) atoms. The van der Waals surface area contributed by atoms with Crippen molar-refractivity contribution in [2.24, 2.45) is 0 Å². The van der Waals surface area contributed by atoms with E-state index in [1.165, 1.54) is 5.56 Å². The maximum Gasteiger partial charge on any atom is 0.253 e. The van der Waals surface area contributed by atoms with Crippen LogP contribution in [-0.4, -0.2) is 25.4 Å². The number of halogens is 1. The number of Topliss-reactive ketones (excluding diaryl/α,β-unsaturated/α-hetero) is 1. The monoisotopic (exact) mass is 420 g/mol. The fraction of sp³-hybridized carbons (Fsp3) is 0.182. The second-order valence-corrected chi connectivity index (χ2v) is 8.48. The molecule has 0 bridgehead atoms. The first-order valence-corrected chi connectivity index (χ1v) is 10.7. The predicted octanol–water partition coefficient (Wildman–Crippen LogP) is 4.98. The van der Waals surface area contributed by atoms with Crippen LogP contribution in [0.2, 0.25) is 5.02 Å². The molecule has 1 aliphatic carbocycles. The topological polar surface area (TPSA) is 60.2 Å². The third-order valence-corrected chi connectivity index (χ3v) is 6.24. The van der Waals surface area contributed by atoms with Crippen LogP contribution in [0.1, 0.15) is 39.5 Å². The van der Waals surface area contributed by atoms with E-state index in [-0.39, 0.29) is 11.7 Å². The van der Waals surface area contributed by atoms with Crippen molar-refractivity contribution < 1.29 is 4.79 Å². The minimum Gasteiger partial charge on any atom is -0.294 e. The number of carbonyl (C=O) groups is 1. The number of benzene rings is 2. The second-order valence-electron chi connectivity index (χ2n) is 7.10. The zero-order chi connectivity index (χ0) is 19.8. The van der Waals surface area contributed by atoms with Crippen LogP contribution in [0, 0.1) is 0 Å². The summed E-state index contributed by atoms with van der Waals surface area (Å²) in [7, 11) is 0. The van der Waals surface area contributed by atoms with Crippen LogP contribution in [0.25, 0.3) is 5.78 Å². The Balaban J connectivity index is 1.42. The Kier molecular flexibility index (Phi) is 4.81. The summed E-state index contributed by atoms with van der Waals surface area (Å²) in [5.74, 6) is 1.48. The molecule has 1 aliphatic rings. The first-order valence-electron chi connectivity index (χ1n) is 9.37. The van der Waals surface area contributed by atoms with Crippen molar-refractivity contribution in [2.75, 3.05) is 0 Å². The van der Waals surface area contributed by atoms with E-state index >= 15 is 0 Å². The van der Waals surface area contributed by atoms with Crippen molar-refractivity contribution in [1.29, 1.82) is 0 Å². The van der Waals surface area contributed by atoms with Gasteiger partial charge < -0.3 is 0 Å². The normalized spacial score (nSPS) is 16.2. The van der Waals surface area contributed by atoms with E-state index in [4.69, 9.17) is 11.6 Å². The molecule has 1 unspecified atom stereocenters. The molecule has 0 N–H and O–H groups in total. The molecule has 144 valence electrons. The lowest BCUT2D eigenvalue weighted by Crippen LogP contribution is -2.21. The molecule has 0 spiro atoms. The SMILES string of the molecule is O=C1CC(c2cccc(Cl)c2)Cc2nc3nc(SCc4ccccc4)nn3cc21. The number of hydrogen-bond donors (Lipinski definition) is 0. The molecule has 0 saturated heterocycles. The van der Waals surface area contributed by atoms with Gasteiger partial charge in [-0.1, -0.05) is 65.8 Å². The lowest BCUT2D eigenvalue weighted by molar-refractivity contribution is 0.0962. The summed E-state index contributed by atoms with van der Waals surface area (Å²) in [6.45, 7) is 0. The van der Waals surface area contributed by atoms with Gasteiger partial charge >= 0.3 is 0 Å². The lowest BCUT2D eigenvalue weighted by Gasteiger charge is -2.23. The number of fused-ring (bicyclic) bond motifs is 2. The lowest BCUT2D eigenvalue weighted by atomic mass is 9.82. The molecule has 2 aromatic carbocycles. The number of hydrogen-bond acceptors (Lipinski definition) is 5. The number of rotatable bonds is 4. The molecule has 2 aromatic heterocycles. The summed E-state index contributed by atoms with van der Waals surface area (Å²) in [5.41, 5.74) is 3.70. The number of thioether (sulfide) groups is 1. The van der Waals surface area contributed by atoms with Crippen molar-refractivity contribution in [1.82, 2.24) is 19.6 Å². The van der Waals surface area contributed by atoms with Crippen molar-refractivity contribution >= 4 is 34.9 Å². The first-order chi connectivity index (χ1) is 14.2. The highest BCUT2D eigenvalue weighted by atomic mass is 35.5. The number of nitrogens with zero attached hydrogens (tertiary/aromatic N) is 4. The van der Waals surface area contributed by atoms with Crippen LogP contribution in [0.3, 0.4) is 0 Å². The van der Waals surface area contributed by atoms with E-state index in [9.17, 15) is 4.79 Å². The number of ketones is 1. The van der Waals surface area contributed by atoms with Gasteiger partial charge in [0.25, 0.3) is 5.78 Å². The van der Waals surface area contributed by atoms with Crippen LogP contribution in [-0.2, 0) is 12.2 Å². The van der Waals surface area contributed by atoms with Gasteiger partial charge in [0.2, 0.25) is 5.16 Å². The van der Waals surface area contributed by atoms with E-state index in [2.05, 4.69) is 27.2 Å². The molecule has 2 heterocycles. The van der Waals surface area contributed by atoms with Gasteiger partial charge in [-0.05, 0) is 35.6 Å². The summed E-state index contributed by atoms with van der Waals surface area (Å²) in [5, 5.41) is 5.83. The van der Waals surface area contributed by atoms with E-state index < -0.39 is 0 Å². The van der Waals surface area contributed by atoms with Gasteiger partial charge in [0.05, 0.1) is 11.3 Å². The van der Waals surface area contributed by atoms with E-state index in [0.717, 1.165) is 17.0 Å². The molecule has 0 amide bonds. The fourth-order valence-corrected chi connectivity index (χ4v) is 4.62. The van der Waals surface area contributed by atoms with Gasteiger partial charge in [-0.15, -0.1) is 5.10 Å². The second kappa shape index (κ2) is 7.61. The molecule has 5 nitrogen and oxygen atoms in total. The third kappa shape index (κ3) is 3.78. The first kappa shape index (κ1) is 18.3. The van der Waals surface area contributed by atoms with Crippen molar-refractivity contribution in [2.45, 2.75) is 29.7 Å². The van der Waals surface area contributed by atoms with E-state index in [0.29, 0.717) is 34.4 Å². The average molecular weight is 421 g/mol. The van der Waals surface area contributed by atoms with Crippen LogP contribution < -0.4 is 0 Å². The van der Waals surface area contributed by atoms with Crippen LogP contribution in [0.5, 0.6) is 0 Å². The summed E-state index contributed by atoms with van der Waals surface area (Å²) in [6, 6.07) is 17.9. The Bertz CT molecular complexity index is 1210. The maximum atomic E-state index is 12.8. The van der Waals surface area contributed by atoms with Crippen LogP contribution in [0.15, 0.2) is 66.0 Å². The predicted molar refractivity (Wildman–Crippen MR) is 114 cm³/mol. The smallest absolute Gasteiger partial charge is 0.253 e. The number of carbonyl (C=O) groups excluding carboxylic acids is 1. The molecule has 5 rings (SSSR count). The molecular weight excluding hydrogens is 404 g/mol. The summed E-state index contributed by atoms with van der Waals surface area (Å²) in [4.78, 5) is 22.0. The Labute approximate surface area is 177 Å².